The van der Waals surface area contributed by atoms with Crippen molar-refractivity contribution in [3.8, 4) is 0 Å². The highest BCUT2D eigenvalue weighted by Gasteiger charge is 2.32. The molecule has 2 heterocycles. The SMILES string of the molecule is Cc1nn(C)c(C)c1C(=O)N1CCN(S(=O)(=O)c2ccccc2Cl)CC1. The van der Waals surface area contributed by atoms with E-state index in [2.05, 4.69) is 5.10 Å². The predicted octanol–water partition coefficient (Wildman–Crippen LogP) is 1.84. The number of aryl methyl sites for hydroxylation is 2. The van der Waals surface area contributed by atoms with E-state index in [0.717, 1.165) is 5.69 Å². The van der Waals surface area contributed by atoms with Crippen molar-refractivity contribution in [1.82, 2.24) is 19.0 Å². The van der Waals surface area contributed by atoms with Gasteiger partial charge in [-0.05, 0) is 26.0 Å². The molecular weight excluding hydrogens is 376 g/mol. The molecular formula is C17H21ClN4O3S. The first-order valence-electron chi connectivity index (χ1n) is 8.27. The predicted molar refractivity (Wildman–Crippen MR) is 98.8 cm³/mol. The van der Waals surface area contributed by atoms with Gasteiger partial charge >= 0.3 is 0 Å². The summed E-state index contributed by atoms with van der Waals surface area (Å²) in [6.45, 7) is 4.78. The van der Waals surface area contributed by atoms with Crippen LogP contribution in [0.3, 0.4) is 0 Å². The lowest BCUT2D eigenvalue weighted by Gasteiger charge is -2.34. The second-order valence-corrected chi connectivity index (χ2v) is 8.61. The number of rotatable bonds is 3. The van der Waals surface area contributed by atoms with E-state index >= 15 is 0 Å². The van der Waals surface area contributed by atoms with Crippen LogP contribution in [0.15, 0.2) is 29.2 Å². The number of hydrogen-bond acceptors (Lipinski definition) is 4. The van der Waals surface area contributed by atoms with Gasteiger partial charge in [-0.25, -0.2) is 8.42 Å². The van der Waals surface area contributed by atoms with Crippen molar-refractivity contribution in [3.05, 3.63) is 46.2 Å². The van der Waals surface area contributed by atoms with E-state index in [9.17, 15) is 13.2 Å². The Kier molecular flexibility index (Phi) is 5.09. The lowest BCUT2D eigenvalue weighted by atomic mass is 10.1. The first-order chi connectivity index (χ1) is 12.2. The Morgan fingerprint density at radius 3 is 2.27 bits per heavy atom. The van der Waals surface area contributed by atoms with Crippen molar-refractivity contribution < 1.29 is 13.2 Å². The summed E-state index contributed by atoms with van der Waals surface area (Å²) in [4.78, 5) is 14.6. The van der Waals surface area contributed by atoms with Gasteiger partial charge in [0.05, 0.1) is 16.3 Å². The highest BCUT2D eigenvalue weighted by atomic mass is 35.5. The number of benzene rings is 1. The number of carbonyl (C=O) groups excluding carboxylic acids is 1. The van der Waals surface area contributed by atoms with Gasteiger partial charge in [-0.15, -0.1) is 0 Å². The molecule has 140 valence electrons. The molecule has 0 atom stereocenters. The molecule has 0 aliphatic carbocycles. The van der Waals surface area contributed by atoms with Gasteiger partial charge in [-0.3, -0.25) is 9.48 Å². The van der Waals surface area contributed by atoms with E-state index in [1.54, 1.807) is 41.8 Å². The lowest BCUT2D eigenvalue weighted by Crippen LogP contribution is -2.50. The van der Waals surface area contributed by atoms with Crippen molar-refractivity contribution >= 4 is 27.5 Å². The van der Waals surface area contributed by atoms with E-state index in [4.69, 9.17) is 11.6 Å². The van der Waals surface area contributed by atoms with Crippen molar-refractivity contribution in [2.45, 2.75) is 18.7 Å². The third-order valence-electron chi connectivity index (χ3n) is 4.70. The molecule has 0 radical (unpaired) electrons. The maximum Gasteiger partial charge on any atom is 0.257 e. The van der Waals surface area contributed by atoms with Gasteiger partial charge in [0.2, 0.25) is 10.0 Å². The fourth-order valence-electron chi connectivity index (χ4n) is 3.17. The van der Waals surface area contributed by atoms with Crippen LogP contribution in [-0.2, 0) is 17.1 Å². The Morgan fingerprint density at radius 2 is 1.73 bits per heavy atom. The molecule has 0 spiro atoms. The minimum Gasteiger partial charge on any atom is -0.336 e. The molecule has 1 aliphatic heterocycles. The number of halogens is 1. The van der Waals surface area contributed by atoms with Crippen molar-refractivity contribution in [1.29, 1.82) is 0 Å². The van der Waals surface area contributed by atoms with Crippen LogP contribution in [0.1, 0.15) is 21.7 Å². The summed E-state index contributed by atoms with van der Waals surface area (Å²) < 4.78 is 28.6. The maximum atomic E-state index is 12.8. The molecule has 1 fully saturated rings. The van der Waals surface area contributed by atoms with Gasteiger partial charge in [0, 0.05) is 38.9 Å². The molecule has 1 aromatic heterocycles. The van der Waals surface area contributed by atoms with Gasteiger partial charge in [-0.2, -0.15) is 9.40 Å². The zero-order valence-corrected chi connectivity index (χ0v) is 16.5. The second kappa shape index (κ2) is 7.02. The fourth-order valence-corrected chi connectivity index (χ4v) is 5.08. The largest absolute Gasteiger partial charge is 0.336 e. The summed E-state index contributed by atoms with van der Waals surface area (Å²) in [5, 5.41) is 4.48. The highest BCUT2D eigenvalue weighted by Crippen LogP contribution is 2.25. The summed E-state index contributed by atoms with van der Waals surface area (Å²) >= 11 is 6.04. The zero-order valence-electron chi connectivity index (χ0n) is 14.9. The molecule has 7 nitrogen and oxygen atoms in total. The highest BCUT2D eigenvalue weighted by molar-refractivity contribution is 7.89. The fraction of sp³-hybridized carbons (Fsp3) is 0.412. The van der Waals surface area contributed by atoms with Crippen LogP contribution in [0.4, 0.5) is 0 Å². The third kappa shape index (κ3) is 3.24. The van der Waals surface area contributed by atoms with E-state index in [1.807, 2.05) is 6.92 Å². The molecule has 1 saturated heterocycles. The second-order valence-electron chi connectivity index (χ2n) is 6.30. The Labute approximate surface area is 158 Å². The molecule has 1 aliphatic rings. The van der Waals surface area contributed by atoms with Crippen LogP contribution >= 0.6 is 11.6 Å². The summed E-state index contributed by atoms with van der Waals surface area (Å²) in [6, 6.07) is 6.39. The molecule has 0 unspecified atom stereocenters. The first-order valence-corrected chi connectivity index (χ1v) is 10.1. The Balaban J connectivity index is 1.75. The quantitative estimate of drug-likeness (QED) is 0.793. The maximum absolute atomic E-state index is 12.8. The molecule has 1 amide bonds. The Bertz CT molecular complexity index is 947. The molecule has 2 aromatic rings. The van der Waals surface area contributed by atoms with Crippen molar-refractivity contribution in [2.24, 2.45) is 7.05 Å². The Hall–Kier alpha value is -1.90. The number of aromatic nitrogens is 2. The topological polar surface area (TPSA) is 75.5 Å². The van der Waals surface area contributed by atoms with Crippen molar-refractivity contribution in [3.63, 3.8) is 0 Å². The molecule has 0 saturated carbocycles. The summed E-state index contributed by atoms with van der Waals surface area (Å²) in [5.74, 6) is -0.108. The summed E-state index contributed by atoms with van der Waals surface area (Å²) in [5.41, 5.74) is 2.08. The number of nitrogens with zero attached hydrogens (tertiary/aromatic N) is 4. The molecule has 3 rings (SSSR count). The van der Waals surface area contributed by atoms with Crippen LogP contribution in [0, 0.1) is 13.8 Å². The summed E-state index contributed by atoms with van der Waals surface area (Å²) in [7, 11) is -1.87. The number of carbonyl (C=O) groups is 1. The molecule has 0 bridgehead atoms. The van der Waals surface area contributed by atoms with Gasteiger partial charge in [0.15, 0.2) is 0 Å². The van der Waals surface area contributed by atoms with Gasteiger partial charge < -0.3 is 4.90 Å². The van der Waals surface area contributed by atoms with Gasteiger partial charge in [-0.1, -0.05) is 23.7 Å². The monoisotopic (exact) mass is 396 g/mol. The number of amides is 1. The molecule has 9 heteroatoms. The van der Waals surface area contributed by atoms with E-state index in [-0.39, 0.29) is 28.9 Å². The van der Waals surface area contributed by atoms with Crippen LogP contribution in [0.5, 0.6) is 0 Å². The smallest absolute Gasteiger partial charge is 0.257 e. The molecule has 26 heavy (non-hydrogen) atoms. The van der Waals surface area contributed by atoms with E-state index in [1.165, 1.54) is 10.4 Å². The molecule has 0 N–H and O–H groups in total. The van der Waals surface area contributed by atoms with E-state index < -0.39 is 10.0 Å². The minimum atomic E-state index is -3.67. The Morgan fingerprint density at radius 1 is 1.12 bits per heavy atom. The minimum absolute atomic E-state index is 0.0976. The lowest BCUT2D eigenvalue weighted by molar-refractivity contribution is 0.0696. The van der Waals surface area contributed by atoms with Crippen LogP contribution in [0.2, 0.25) is 5.02 Å². The number of hydrogen-bond donors (Lipinski definition) is 0. The number of sulfonamides is 1. The van der Waals surface area contributed by atoms with Gasteiger partial charge in [0.25, 0.3) is 5.91 Å². The van der Waals surface area contributed by atoms with Crippen LogP contribution in [0.25, 0.3) is 0 Å². The van der Waals surface area contributed by atoms with Crippen LogP contribution in [-0.4, -0.2) is 59.5 Å². The summed E-state index contributed by atoms with van der Waals surface area (Å²) in [6.07, 6.45) is 0. The van der Waals surface area contributed by atoms with E-state index in [0.29, 0.717) is 24.3 Å². The normalized spacial score (nSPS) is 16.1. The standard InChI is InChI=1S/C17H21ClN4O3S/c1-12-16(13(2)20(3)19-12)17(23)21-8-10-22(11-9-21)26(24,25)15-7-5-4-6-14(15)18/h4-7H,8-11H2,1-3H3. The third-order valence-corrected chi connectivity index (χ3v) is 7.10. The zero-order chi connectivity index (χ0) is 19.1. The van der Waals surface area contributed by atoms with Crippen molar-refractivity contribution in [2.75, 3.05) is 26.2 Å². The first kappa shape index (κ1) is 18.9. The average Bonchev–Trinajstić information content (AvgIpc) is 2.87. The average molecular weight is 397 g/mol. The van der Waals surface area contributed by atoms with Gasteiger partial charge in [0.1, 0.15) is 4.90 Å². The van der Waals surface area contributed by atoms with Crippen LogP contribution < -0.4 is 0 Å². The number of piperazine rings is 1. The molecule has 1 aromatic carbocycles.